The van der Waals surface area contributed by atoms with E-state index in [0.717, 1.165) is 0 Å². The summed E-state index contributed by atoms with van der Waals surface area (Å²) in [5.74, 6) is -1.30. The number of rotatable bonds is 5. The first-order chi connectivity index (χ1) is 8.51. The molecule has 0 aliphatic heterocycles. The lowest BCUT2D eigenvalue weighted by Crippen LogP contribution is -2.15. The molecule has 0 spiro atoms. The van der Waals surface area contributed by atoms with Crippen molar-refractivity contribution in [3.8, 4) is 5.75 Å². The van der Waals surface area contributed by atoms with Gasteiger partial charge in [0.1, 0.15) is 0 Å². The summed E-state index contributed by atoms with van der Waals surface area (Å²) in [4.78, 5) is 11.1. The molecule has 1 aromatic rings. The second kappa shape index (κ2) is 7.16. The average molecular weight is 360 g/mol. The largest absolute Gasteiger partial charge is 0.479 e. The van der Waals surface area contributed by atoms with E-state index in [1.165, 1.54) is 6.07 Å². The maximum atomic E-state index is 13.8. The summed E-state index contributed by atoms with van der Waals surface area (Å²) in [7, 11) is 0. The second-order valence-corrected chi connectivity index (χ2v) is 4.66. The van der Waals surface area contributed by atoms with Crippen LogP contribution in [0.2, 0.25) is 5.02 Å². The summed E-state index contributed by atoms with van der Waals surface area (Å²) in [5.41, 5.74) is 0.430. The summed E-state index contributed by atoms with van der Waals surface area (Å²) >= 11 is 14.6. The standard InChI is InChI=1S/C11H10BrCl2FO3/c1-2-17-9(16)5-18-8-3-7(14)6(4-13)10(12)11(8)15/h3H,2,4-5H2,1H3. The first-order valence-electron chi connectivity index (χ1n) is 5.02. The highest BCUT2D eigenvalue weighted by Crippen LogP contribution is 2.35. The van der Waals surface area contributed by atoms with Gasteiger partial charge >= 0.3 is 5.97 Å². The molecule has 0 aliphatic rings. The molecule has 0 N–H and O–H groups in total. The fourth-order valence-corrected chi connectivity index (χ4v) is 2.61. The number of alkyl halides is 1. The third kappa shape index (κ3) is 3.73. The van der Waals surface area contributed by atoms with E-state index >= 15 is 0 Å². The van der Waals surface area contributed by atoms with Crippen LogP contribution < -0.4 is 4.74 Å². The van der Waals surface area contributed by atoms with Crippen molar-refractivity contribution in [3.63, 3.8) is 0 Å². The highest BCUT2D eigenvalue weighted by Gasteiger charge is 2.17. The van der Waals surface area contributed by atoms with Crippen LogP contribution in [0.4, 0.5) is 4.39 Å². The summed E-state index contributed by atoms with van der Waals surface area (Å²) in [5, 5.41) is 0.261. The SMILES string of the molecule is CCOC(=O)COc1cc(Cl)c(CCl)c(Br)c1F. The maximum Gasteiger partial charge on any atom is 0.344 e. The van der Waals surface area contributed by atoms with Crippen LogP contribution in [0.3, 0.4) is 0 Å². The summed E-state index contributed by atoms with van der Waals surface area (Å²) in [6.07, 6.45) is 0. The molecule has 0 fully saturated rings. The van der Waals surface area contributed by atoms with Gasteiger partial charge in [0.05, 0.1) is 17.0 Å². The van der Waals surface area contributed by atoms with Crippen LogP contribution in [0.1, 0.15) is 12.5 Å². The molecule has 3 nitrogen and oxygen atoms in total. The minimum absolute atomic E-state index is 0.0640. The summed E-state index contributed by atoms with van der Waals surface area (Å²) in [6.45, 7) is 1.52. The van der Waals surface area contributed by atoms with E-state index in [1.54, 1.807) is 6.92 Å². The van der Waals surface area contributed by atoms with Crippen molar-refractivity contribution in [2.45, 2.75) is 12.8 Å². The maximum absolute atomic E-state index is 13.8. The van der Waals surface area contributed by atoms with Gasteiger partial charge < -0.3 is 9.47 Å². The van der Waals surface area contributed by atoms with Crippen LogP contribution in [0, 0.1) is 5.82 Å². The normalized spacial score (nSPS) is 10.3. The Bertz CT molecular complexity index is 454. The summed E-state index contributed by atoms with van der Waals surface area (Å²) in [6, 6.07) is 1.28. The monoisotopic (exact) mass is 358 g/mol. The molecular weight excluding hydrogens is 350 g/mol. The first kappa shape index (κ1) is 15.5. The van der Waals surface area contributed by atoms with Crippen molar-refractivity contribution in [2.24, 2.45) is 0 Å². The van der Waals surface area contributed by atoms with Crippen molar-refractivity contribution >= 4 is 45.1 Å². The Morgan fingerprint density at radius 2 is 2.22 bits per heavy atom. The van der Waals surface area contributed by atoms with Crippen LogP contribution in [0.5, 0.6) is 5.75 Å². The Hall–Kier alpha value is -0.520. The molecular formula is C11H10BrCl2FO3. The average Bonchev–Trinajstić information content (AvgIpc) is 2.33. The number of esters is 1. The lowest BCUT2D eigenvalue weighted by atomic mass is 10.2. The van der Waals surface area contributed by atoms with E-state index < -0.39 is 11.8 Å². The first-order valence-corrected chi connectivity index (χ1v) is 6.72. The molecule has 0 unspecified atom stereocenters. The molecule has 0 radical (unpaired) electrons. The van der Waals surface area contributed by atoms with Gasteiger partial charge in [0.15, 0.2) is 18.2 Å². The van der Waals surface area contributed by atoms with Crippen molar-refractivity contribution in [2.75, 3.05) is 13.2 Å². The van der Waals surface area contributed by atoms with E-state index in [0.29, 0.717) is 5.56 Å². The predicted octanol–water partition coefficient (Wildman–Crippen LogP) is 3.92. The number of carbonyl (C=O) groups is 1. The molecule has 0 saturated carbocycles. The van der Waals surface area contributed by atoms with Crippen molar-refractivity contribution in [1.82, 2.24) is 0 Å². The lowest BCUT2D eigenvalue weighted by molar-refractivity contribution is -0.145. The Morgan fingerprint density at radius 1 is 1.56 bits per heavy atom. The van der Waals surface area contributed by atoms with Gasteiger partial charge in [-0.1, -0.05) is 11.6 Å². The van der Waals surface area contributed by atoms with Crippen LogP contribution in [-0.4, -0.2) is 19.2 Å². The molecule has 0 heterocycles. The molecule has 0 amide bonds. The van der Waals surface area contributed by atoms with Gasteiger partial charge in [0, 0.05) is 16.7 Å². The summed E-state index contributed by atoms with van der Waals surface area (Å²) < 4.78 is 23.6. The molecule has 0 atom stereocenters. The molecule has 1 rings (SSSR count). The third-order valence-corrected chi connectivity index (χ3v) is 3.44. The number of benzene rings is 1. The second-order valence-electron chi connectivity index (χ2n) is 3.19. The molecule has 0 bridgehead atoms. The van der Waals surface area contributed by atoms with E-state index in [9.17, 15) is 9.18 Å². The smallest absolute Gasteiger partial charge is 0.344 e. The Balaban J connectivity index is 2.88. The van der Waals surface area contributed by atoms with Gasteiger partial charge in [0.25, 0.3) is 0 Å². The van der Waals surface area contributed by atoms with E-state index in [4.69, 9.17) is 27.9 Å². The van der Waals surface area contributed by atoms with E-state index in [2.05, 4.69) is 20.7 Å². The van der Waals surface area contributed by atoms with Crippen molar-refractivity contribution in [3.05, 3.63) is 26.9 Å². The molecule has 0 saturated heterocycles. The Morgan fingerprint density at radius 3 is 2.78 bits per heavy atom. The highest BCUT2D eigenvalue weighted by molar-refractivity contribution is 9.10. The molecule has 100 valence electrons. The zero-order valence-corrected chi connectivity index (χ0v) is 12.5. The third-order valence-electron chi connectivity index (χ3n) is 2.00. The zero-order valence-electron chi connectivity index (χ0n) is 9.44. The predicted molar refractivity (Wildman–Crippen MR) is 70.8 cm³/mol. The molecule has 1 aromatic carbocycles. The van der Waals surface area contributed by atoms with E-state index in [-0.39, 0.29) is 34.3 Å². The number of carbonyl (C=O) groups excluding carboxylic acids is 1. The molecule has 0 aromatic heterocycles. The lowest BCUT2D eigenvalue weighted by Gasteiger charge is -2.11. The van der Waals surface area contributed by atoms with Crippen molar-refractivity contribution < 1.29 is 18.7 Å². The van der Waals surface area contributed by atoms with E-state index in [1.807, 2.05) is 0 Å². The quantitative estimate of drug-likeness (QED) is 0.454. The van der Waals surface area contributed by atoms with Crippen LogP contribution in [-0.2, 0) is 15.4 Å². The van der Waals surface area contributed by atoms with Crippen molar-refractivity contribution in [1.29, 1.82) is 0 Å². The number of ether oxygens (including phenoxy) is 2. The van der Waals surface area contributed by atoms with Gasteiger partial charge in [-0.15, -0.1) is 11.6 Å². The minimum Gasteiger partial charge on any atom is -0.479 e. The zero-order chi connectivity index (χ0) is 13.7. The molecule has 0 aliphatic carbocycles. The van der Waals surface area contributed by atoms with Gasteiger partial charge in [0.2, 0.25) is 0 Å². The number of hydrogen-bond acceptors (Lipinski definition) is 3. The fourth-order valence-electron chi connectivity index (χ4n) is 1.18. The van der Waals surface area contributed by atoms with Crippen LogP contribution in [0.15, 0.2) is 10.5 Å². The Labute approximate surface area is 122 Å². The molecule has 7 heteroatoms. The van der Waals surface area contributed by atoms with Gasteiger partial charge in [-0.05, 0) is 22.9 Å². The van der Waals surface area contributed by atoms with Gasteiger partial charge in [-0.3, -0.25) is 0 Å². The fraction of sp³-hybridized carbons (Fsp3) is 0.364. The minimum atomic E-state index is -0.653. The number of hydrogen-bond donors (Lipinski definition) is 0. The number of halogens is 4. The van der Waals surface area contributed by atoms with Gasteiger partial charge in [-0.25, -0.2) is 9.18 Å². The van der Waals surface area contributed by atoms with Crippen LogP contribution >= 0.6 is 39.1 Å². The molecule has 18 heavy (non-hydrogen) atoms. The van der Waals surface area contributed by atoms with Crippen LogP contribution in [0.25, 0.3) is 0 Å². The highest BCUT2D eigenvalue weighted by atomic mass is 79.9. The van der Waals surface area contributed by atoms with Gasteiger partial charge in [-0.2, -0.15) is 0 Å². The Kier molecular flexibility index (Phi) is 6.18. The topological polar surface area (TPSA) is 35.5 Å².